The van der Waals surface area contributed by atoms with Crippen LogP contribution >= 0.6 is 0 Å². The van der Waals surface area contributed by atoms with Crippen molar-refractivity contribution in [3.05, 3.63) is 0 Å². The number of hydrogen-bond donors (Lipinski definition) is 1. The van der Waals surface area contributed by atoms with E-state index in [1.165, 1.54) is 0 Å². The van der Waals surface area contributed by atoms with Gasteiger partial charge in [0.15, 0.2) is 0 Å². The Balaban J connectivity index is 0. The van der Waals surface area contributed by atoms with Crippen LogP contribution in [0.5, 0.6) is 0 Å². The van der Waals surface area contributed by atoms with Gasteiger partial charge in [0.2, 0.25) is 0 Å². The third-order valence-electron chi connectivity index (χ3n) is 1.28. The van der Waals surface area contributed by atoms with E-state index < -0.39 is 39.3 Å². The van der Waals surface area contributed by atoms with Gasteiger partial charge in [0.25, 0.3) is 0 Å². The fraction of sp³-hybridized carbons (Fsp3) is 1.00. The second kappa shape index (κ2) is 7.51. The monoisotopic (exact) mass is 263 g/mol. The molecule has 0 radical (unpaired) electrons. The van der Waals surface area contributed by atoms with Crippen LogP contribution in [0.25, 0.3) is 0 Å². The zero-order chi connectivity index (χ0) is 11.4. The molecule has 0 atom stereocenters. The first-order valence-electron chi connectivity index (χ1n) is 3.75. The molecule has 0 aromatic carbocycles. The van der Waals surface area contributed by atoms with Crippen LogP contribution in [0.1, 0.15) is 0 Å². The average Bonchev–Trinajstić information content (AvgIpc) is 1.78. The van der Waals surface area contributed by atoms with Crippen LogP contribution in [0.4, 0.5) is 26.1 Å². The van der Waals surface area contributed by atoms with Crippen LogP contribution in [0.2, 0.25) is 0 Å². The molecule has 0 aliphatic rings. The van der Waals surface area contributed by atoms with Crippen LogP contribution in [0, 0.1) is 0 Å². The summed E-state index contributed by atoms with van der Waals surface area (Å²) in [4.78, 5) is 0.125. The first kappa shape index (κ1) is 18.6. The van der Waals surface area contributed by atoms with Crippen molar-refractivity contribution in [2.75, 3.05) is 26.1 Å². The third-order valence-corrected chi connectivity index (χ3v) is 1.28. The molecule has 0 aliphatic carbocycles. The van der Waals surface area contributed by atoms with E-state index in [1.54, 1.807) is 0 Å². The van der Waals surface area contributed by atoms with Gasteiger partial charge >= 0.3 is 64.5 Å². The van der Waals surface area contributed by atoms with E-state index in [1.807, 2.05) is 0 Å². The van der Waals surface area contributed by atoms with E-state index in [2.05, 4.69) is 0 Å². The van der Waals surface area contributed by atoms with E-state index in [4.69, 9.17) is 5.11 Å². The van der Waals surface area contributed by atoms with Crippen LogP contribution in [0.15, 0.2) is 0 Å². The molecule has 15 heavy (non-hydrogen) atoms. The van der Waals surface area contributed by atoms with Crippen molar-refractivity contribution >= 4 is 6.98 Å². The number of nitrogens with zero attached hydrogens (tertiary/aromatic N) is 1. The molecule has 0 aliphatic heterocycles. The molecule has 0 amide bonds. The Bertz CT molecular complexity index is 158. The number of aliphatic hydroxyl groups is 1. The maximum absolute atomic E-state index is 11.8. The minimum absolute atomic E-state index is 0. The van der Waals surface area contributed by atoms with Crippen molar-refractivity contribution < 1.29 is 82.6 Å². The number of hydrogen-bond acceptors (Lipinski definition) is 2. The SMILES string of the molecule is OCCN(C[B-](F)(F)F)CC(F)(F)F.[K+]. The first-order valence-corrected chi connectivity index (χ1v) is 3.75. The maximum Gasteiger partial charge on any atom is 1.00 e. The summed E-state index contributed by atoms with van der Waals surface area (Å²) in [6, 6.07) is 0. The molecule has 0 aromatic rings. The maximum atomic E-state index is 11.8. The van der Waals surface area contributed by atoms with Gasteiger partial charge < -0.3 is 23.0 Å². The third kappa shape index (κ3) is 13.1. The number of aliphatic hydroxyl groups excluding tert-OH is 1. The van der Waals surface area contributed by atoms with Crippen molar-refractivity contribution in [2.45, 2.75) is 6.18 Å². The van der Waals surface area contributed by atoms with Gasteiger partial charge in [-0.2, -0.15) is 13.2 Å². The summed E-state index contributed by atoms with van der Waals surface area (Å²) in [7, 11) is 0. The quantitative estimate of drug-likeness (QED) is 0.469. The molecule has 0 heterocycles. The van der Waals surface area contributed by atoms with Crippen LogP contribution in [-0.2, 0) is 0 Å². The predicted molar refractivity (Wildman–Crippen MR) is 38.7 cm³/mol. The van der Waals surface area contributed by atoms with Gasteiger partial charge in [-0.3, -0.25) is 0 Å². The molecule has 1 N–H and O–H groups in total. The Labute approximate surface area is 125 Å². The van der Waals surface area contributed by atoms with E-state index >= 15 is 0 Å². The fourth-order valence-electron chi connectivity index (χ4n) is 0.923. The number of halogens is 6. The van der Waals surface area contributed by atoms with E-state index in [0.29, 0.717) is 0 Å². The summed E-state index contributed by atoms with van der Waals surface area (Å²) in [6.07, 6.45) is -6.30. The van der Waals surface area contributed by atoms with Crippen molar-refractivity contribution in [1.29, 1.82) is 0 Å². The zero-order valence-electron chi connectivity index (χ0n) is 8.07. The average molecular weight is 263 g/mol. The molecular weight excluding hydrogens is 254 g/mol. The zero-order valence-corrected chi connectivity index (χ0v) is 11.2. The van der Waals surface area contributed by atoms with E-state index in [0.717, 1.165) is 0 Å². The molecule has 86 valence electrons. The molecule has 2 nitrogen and oxygen atoms in total. The molecule has 0 saturated carbocycles. The van der Waals surface area contributed by atoms with Crippen LogP contribution < -0.4 is 51.4 Å². The normalized spacial score (nSPS) is 12.8. The Kier molecular flexibility index (Phi) is 9.30. The Morgan fingerprint density at radius 2 is 1.60 bits per heavy atom. The molecule has 0 fully saturated rings. The standard InChI is InChI=1S/C5H9BF6NO.K/c7-5(8,9)3-13(1-2-14)4-6(10,11)12;/h14H,1-4H2;/q-1;+1. The first-order chi connectivity index (χ1) is 6.14. The molecule has 0 spiro atoms. The van der Waals surface area contributed by atoms with Gasteiger partial charge in [0.1, 0.15) is 0 Å². The molecular formula is C5H9BF6KNO. The van der Waals surface area contributed by atoms with Crippen molar-refractivity contribution in [2.24, 2.45) is 0 Å². The largest absolute Gasteiger partial charge is 1.00 e. The van der Waals surface area contributed by atoms with Crippen molar-refractivity contribution in [3.63, 3.8) is 0 Å². The Morgan fingerprint density at radius 3 is 1.87 bits per heavy atom. The summed E-state index contributed by atoms with van der Waals surface area (Å²) in [5.74, 6) is 0. The molecule has 10 heteroatoms. The van der Waals surface area contributed by atoms with E-state index in [-0.39, 0.29) is 56.3 Å². The van der Waals surface area contributed by atoms with Gasteiger partial charge in [-0.1, -0.05) is 0 Å². The summed E-state index contributed by atoms with van der Waals surface area (Å²) >= 11 is 0. The Hall–Kier alpha value is 1.20. The summed E-state index contributed by atoms with van der Waals surface area (Å²) in [5.41, 5.74) is 0. The molecule has 0 bridgehead atoms. The van der Waals surface area contributed by atoms with Gasteiger partial charge in [0, 0.05) is 6.54 Å². The minimum Gasteiger partial charge on any atom is -0.448 e. The molecule has 0 unspecified atom stereocenters. The predicted octanol–water partition coefficient (Wildman–Crippen LogP) is -1.77. The summed E-state index contributed by atoms with van der Waals surface area (Å²) < 4.78 is 70.5. The second-order valence-corrected chi connectivity index (χ2v) is 2.78. The van der Waals surface area contributed by atoms with Crippen LogP contribution in [0.3, 0.4) is 0 Å². The van der Waals surface area contributed by atoms with Gasteiger partial charge in [0.05, 0.1) is 13.2 Å². The van der Waals surface area contributed by atoms with Gasteiger partial charge in [-0.05, 0) is 6.44 Å². The molecule has 0 rings (SSSR count). The molecule has 0 aromatic heterocycles. The number of alkyl halides is 3. The Morgan fingerprint density at radius 1 is 1.13 bits per heavy atom. The number of rotatable bonds is 5. The van der Waals surface area contributed by atoms with Crippen LogP contribution in [-0.4, -0.2) is 49.3 Å². The summed E-state index contributed by atoms with van der Waals surface area (Å²) in [6.45, 7) is -8.33. The van der Waals surface area contributed by atoms with Crippen molar-refractivity contribution in [1.82, 2.24) is 4.90 Å². The fourth-order valence-corrected chi connectivity index (χ4v) is 0.923. The topological polar surface area (TPSA) is 23.5 Å². The van der Waals surface area contributed by atoms with Crippen molar-refractivity contribution in [3.8, 4) is 0 Å². The minimum atomic E-state index is -5.30. The summed E-state index contributed by atoms with van der Waals surface area (Å²) in [5, 5.41) is 8.26. The van der Waals surface area contributed by atoms with E-state index in [9.17, 15) is 26.1 Å². The smallest absolute Gasteiger partial charge is 0.448 e. The second-order valence-electron chi connectivity index (χ2n) is 2.78. The van der Waals surface area contributed by atoms with Gasteiger partial charge in [-0.25, -0.2) is 0 Å². The van der Waals surface area contributed by atoms with Gasteiger partial charge in [-0.15, -0.1) is 0 Å². The molecule has 0 saturated heterocycles.